The summed E-state index contributed by atoms with van der Waals surface area (Å²) in [4.78, 5) is 75.7. The molecule has 31 heteroatoms. The first-order chi connectivity index (χ1) is 66.2. The van der Waals surface area contributed by atoms with Crippen LogP contribution in [-0.2, 0) is 18.7 Å². The van der Waals surface area contributed by atoms with Gasteiger partial charge in [-0.1, -0.05) is 177 Å². The van der Waals surface area contributed by atoms with E-state index in [0.29, 0.717) is 89.1 Å². The number of unbranched alkanes of at least 4 members (excludes halogenated alkanes) is 4. The number of aromatic nitrogens is 15. The summed E-state index contributed by atoms with van der Waals surface area (Å²) in [5.74, 6) is 16.3. The third-order valence-corrected chi connectivity index (χ3v) is 23.6. The molecule has 2 bridgehead atoms. The minimum absolute atomic E-state index is 0.263. The summed E-state index contributed by atoms with van der Waals surface area (Å²) >= 11 is 1.90. The van der Waals surface area contributed by atoms with Gasteiger partial charge in [0.2, 0.25) is 59.5 Å². The normalized spacial score (nSPS) is 13.8. The van der Waals surface area contributed by atoms with Crippen molar-refractivity contribution < 1.29 is 9.47 Å². The largest absolute Gasteiger partial charge is 0.494 e. The van der Waals surface area contributed by atoms with Gasteiger partial charge >= 0.3 is 0 Å². The van der Waals surface area contributed by atoms with Crippen molar-refractivity contribution in [1.82, 2.24) is 79.7 Å². The van der Waals surface area contributed by atoms with E-state index in [1.54, 1.807) is 0 Å². The maximum absolute atomic E-state index is 5.82. The number of hydrogen-bond acceptors (Lipinski definition) is 31. The van der Waals surface area contributed by atoms with E-state index in [4.69, 9.17) is 14.5 Å². The van der Waals surface area contributed by atoms with Crippen molar-refractivity contribution >= 4 is 105 Å². The molecule has 0 radical (unpaired) electrons. The van der Waals surface area contributed by atoms with Crippen molar-refractivity contribution in [3.8, 4) is 11.5 Å². The fraction of sp³-hybridized carbons (Fsp3) is 0.462. The first-order valence-electron chi connectivity index (χ1n) is 48.8. The van der Waals surface area contributed by atoms with Gasteiger partial charge < -0.3 is 76.9 Å². The maximum atomic E-state index is 5.82. The van der Waals surface area contributed by atoms with E-state index in [1.165, 1.54) is 68.1 Å². The topological polar surface area (TPSA) is 333 Å². The Morgan fingerprint density at radius 3 is 1.36 bits per heavy atom. The molecule has 30 nitrogen and oxygen atoms in total. The molecular weight excluding hydrogens is 1730 g/mol. The maximum Gasteiger partial charge on any atom is 0.232 e. The minimum atomic E-state index is 0.263. The number of benzene rings is 7. The average molecular weight is 1880 g/mol. The lowest BCUT2D eigenvalue weighted by molar-refractivity contribution is 0.305. The molecule has 5 heterocycles. The SMILES string of the molecule is CCCCCCOc1ccc(Nc2nc(C)nc(NC3CC4CCC3C4)n2)cc1.CCCCOc1ccc(Nc2nc(C)nc(NCC(C)C)n2)cc1.Cc1nc(NC(C)CCc2ccccc2)nc(N(CCN(C)C)Cc2ccccc2)n1.Cc1nc(NCCSCc2ccccc2)nc(NC(C)CCC(C)C)n1.Cc1nc(Nc2cccc(N(C)C)c2)nc(Nc2cccc(N(C)C)c2)n1. The molecule has 0 saturated heterocycles. The van der Waals surface area contributed by atoms with Gasteiger partial charge in [-0.3, -0.25) is 0 Å². The fourth-order valence-corrected chi connectivity index (χ4v) is 15.9. The summed E-state index contributed by atoms with van der Waals surface area (Å²) in [6, 6.07) is 64.7. The van der Waals surface area contributed by atoms with Crippen LogP contribution in [0.15, 0.2) is 188 Å². The van der Waals surface area contributed by atoms with Crippen molar-refractivity contribution in [3.05, 3.63) is 234 Å². The van der Waals surface area contributed by atoms with E-state index in [2.05, 4.69) is 298 Å². The van der Waals surface area contributed by atoms with Gasteiger partial charge in [0.15, 0.2) is 0 Å². The van der Waals surface area contributed by atoms with E-state index in [1.807, 2.05) is 172 Å². The van der Waals surface area contributed by atoms with Gasteiger partial charge in [0.05, 0.1) is 13.2 Å². The number of nitrogens with zero attached hydrogens (tertiary/aromatic N) is 19. The molecule has 2 aliphatic rings. The standard InChI is InChI=1S/C25H34N6.C23H33N5O.C20H25N7.C20H31N5S.C18H27N5O/c1-20(15-16-22-11-7-5-8-12-22)26-24-27-21(2)28-25(29-24)31(18-17-30(3)4)19-23-13-9-6-10-14-23;1-3-4-5-6-13-29-20-11-9-19(10-12-20)26-22-24-16(2)25-23(28-22)27-21-15-17-7-8-18(21)14-17;1-14-21-19(23-15-8-6-10-17(12-15)26(2)3)25-20(22-14)24-16-9-7-11-18(13-16)27(4)5;1-15(2)10-11-16(3)22-20-24-17(4)23-19(25-20)21-12-13-26-14-18-8-6-5-7-9-18;1-5-6-11-24-16-9-7-15(8-10-16)22-18-21-14(4)20-17(23-18)19-12-13(2)3/h5-14,20H,15-19H2,1-4H3,(H,26,27,28,29);9-12,17-18,21H,3-8,13-15H2,1-2H3,(H2,24,25,26,27,28);6-13H,1-5H3,(H2,21,22,23,24,25);5-9,15-16H,10-14H2,1-4H3,(H2,21,22,23,24,25);7-10,13H,5-6,11-12H2,1-4H3,(H2,19,20,21,22,23). The number of rotatable bonds is 47. The minimum Gasteiger partial charge on any atom is -0.494 e. The monoisotopic (exact) mass is 1880 g/mol. The van der Waals surface area contributed by atoms with Gasteiger partial charge in [-0.2, -0.15) is 86.5 Å². The van der Waals surface area contributed by atoms with Crippen LogP contribution in [0, 0.1) is 58.3 Å². The van der Waals surface area contributed by atoms with E-state index >= 15 is 0 Å². The van der Waals surface area contributed by atoms with Crippen LogP contribution < -0.4 is 72.0 Å². The summed E-state index contributed by atoms with van der Waals surface area (Å²) < 4.78 is 11.5. The lowest BCUT2D eigenvalue weighted by Crippen LogP contribution is -2.33. The van der Waals surface area contributed by atoms with Gasteiger partial charge in [-0.25, -0.2) is 0 Å². The van der Waals surface area contributed by atoms with E-state index < -0.39 is 0 Å². The predicted molar refractivity (Wildman–Crippen MR) is 569 cm³/mol. The first kappa shape index (κ1) is 106. The third kappa shape index (κ3) is 40.1. The van der Waals surface area contributed by atoms with Crippen molar-refractivity contribution in [2.24, 2.45) is 23.7 Å². The number of nitrogens with one attached hydrogen (secondary N) is 9. The summed E-state index contributed by atoms with van der Waals surface area (Å²) in [5, 5.41) is 30.0. The second-order valence-corrected chi connectivity index (χ2v) is 37.7. The van der Waals surface area contributed by atoms with Gasteiger partial charge in [0.1, 0.15) is 40.6 Å². The predicted octanol–water partition coefficient (Wildman–Crippen LogP) is 22.4. The van der Waals surface area contributed by atoms with E-state index in [-0.39, 0.29) is 6.04 Å². The third-order valence-electron chi connectivity index (χ3n) is 22.5. The van der Waals surface area contributed by atoms with Crippen LogP contribution in [0.25, 0.3) is 0 Å². The average Bonchev–Trinajstić information content (AvgIpc) is 1.67. The number of thioether (sulfide) groups is 1. The molecule has 12 aromatic rings. The van der Waals surface area contributed by atoms with E-state index in [9.17, 15) is 0 Å². The van der Waals surface area contributed by atoms with Crippen molar-refractivity contribution in [2.45, 2.75) is 210 Å². The zero-order valence-corrected chi connectivity index (χ0v) is 85.2. The highest BCUT2D eigenvalue weighted by molar-refractivity contribution is 7.98. The second kappa shape index (κ2) is 57.2. The van der Waals surface area contributed by atoms with Crippen LogP contribution in [0.2, 0.25) is 0 Å². The molecule has 0 aliphatic heterocycles. The lowest BCUT2D eigenvalue weighted by atomic mass is 9.95. The van der Waals surface area contributed by atoms with Crippen LogP contribution in [0.3, 0.4) is 0 Å². The van der Waals surface area contributed by atoms with Crippen LogP contribution in [0.1, 0.15) is 185 Å². The Bertz CT molecular complexity index is 5390. The van der Waals surface area contributed by atoms with Crippen LogP contribution in [0.4, 0.5) is 93.6 Å². The molecule has 0 amide bonds. The highest BCUT2D eigenvalue weighted by atomic mass is 32.2. The smallest absolute Gasteiger partial charge is 0.232 e. The number of fused-ring (bicyclic) bond motifs is 2. The van der Waals surface area contributed by atoms with Gasteiger partial charge in [0.25, 0.3) is 0 Å². The van der Waals surface area contributed by atoms with Crippen molar-refractivity contribution in [3.63, 3.8) is 0 Å². The molecule has 5 atom stereocenters. The molecule has 2 fully saturated rings. The number of aryl methyl sites for hydroxylation is 6. The van der Waals surface area contributed by atoms with Crippen LogP contribution in [-0.4, -0.2) is 185 Å². The number of likely N-dealkylation sites (N-methyl/N-ethyl adjacent to an activating group) is 1. The molecule has 2 aliphatic carbocycles. The quantitative estimate of drug-likeness (QED) is 0.0160. The molecule has 137 heavy (non-hydrogen) atoms. The first-order valence-corrected chi connectivity index (χ1v) is 49.9. The summed E-state index contributed by atoms with van der Waals surface area (Å²) in [6.45, 7) is 32.7. The number of hydrogen-bond donors (Lipinski definition) is 9. The molecule has 732 valence electrons. The summed E-state index contributed by atoms with van der Waals surface area (Å²) in [7, 11) is 12.2. The molecule has 5 unspecified atom stereocenters. The Hall–Kier alpha value is -12.9. The number of anilines is 16. The Labute approximate surface area is 819 Å². The lowest BCUT2D eigenvalue weighted by Gasteiger charge is -2.25. The van der Waals surface area contributed by atoms with Crippen molar-refractivity contribution in [2.75, 3.05) is 150 Å². The Kier molecular flexibility index (Phi) is 44.3. The summed E-state index contributed by atoms with van der Waals surface area (Å²) in [6.07, 6.45) is 16.7. The van der Waals surface area contributed by atoms with Crippen molar-refractivity contribution in [1.29, 1.82) is 0 Å². The Morgan fingerprint density at radius 1 is 0.394 bits per heavy atom. The Morgan fingerprint density at radius 2 is 0.854 bits per heavy atom. The fourth-order valence-electron chi connectivity index (χ4n) is 15.1. The molecule has 7 aromatic carbocycles. The molecule has 9 N–H and O–H groups in total. The zero-order valence-electron chi connectivity index (χ0n) is 84.4. The van der Waals surface area contributed by atoms with E-state index in [0.717, 1.165) is 177 Å². The zero-order chi connectivity index (χ0) is 97.6. The second-order valence-electron chi connectivity index (χ2n) is 36.6. The van der Waals surface area contributed by atoms with Gasteiger partial charge in [0, 0.05) is 125 Å². The van der Waals surface area contributed by atoms with Crippen LogP contribution in [0.5, 0.6) is 11.5 Å². The molecule has 14 rings (SSSR count). The molecule has 2 saturated carbocycles. The van der Waals surface area contributed by atoms with Gasteiger partial charge in [-0.15, -0.1) is 0 Å². The highest BCUT2D eigenvalue weighted by Gasteiger charge is 2.40. The molecule has 0 spiro atoms. The Balaban J connectivity index is 0.000000177. The molecular formula is C106H150N28O2S. The van der Waals surface area contributed by atoms with Crippen LogP contribution >= 0.6 is 11.8 Å². The van der Waals surface area contributed by atoms with Gasteiger partial charge in [-0.05, 0) is 246 Å². The highest BCUT2D eigenvalue weighted by Crippen LogP contribution is 2.45. The number of ether oxygens (including phenoxy) is 2. The summed E-state index contributed by atoms with van der Waals surface area (Å²) in [5.41, 5.74) is 9.86. The molecule has 5 aromatic heterocycles.